The molecule has 146 valence electrons. The van der Waals surface area contributed by atoms with E-state index in [4.69, 9.17) is 0 Å². The molecule has 1 aromatic carbocycles. The van der Waals surface area contributed by atoms with Gasteiger partial charge in [-0.25, -0.2) is 8.42 Å². The Balaban J connectivity index is 1.80. The number of aryl methyl sites for hydroxylation is 3. The topological polar surface area (TPSA) is 66.5 Å². The third-order valence-corrected chi connectivity index (χ3v) is 7.89. The predicted octanol–water partition coefficient (Wildman–Crippen LogP) is 4.35. The van der Waals surface area contributed by atoms with Gasteiger partial charge in [-0.1, -0.05) is 24.6 Å². The van der Waals surface area contributed by atoms with Crippen molar-refractivity contribution in [3.8, 4) is 0 Å². The number of thiophene rings is 1. The van der Waals surface area contributed by atoms with Crippen molar-refractivity contribution in [3.05, 3.63) is 45.1 Å². The van der Waals surface area contributed by atoms with Crippen LogP contribution in [0.25, 0.3) is 0 Å². The van der Waals surface area contributed by atoms with Crippen molar-refractivity contribution in [2.24, 2.45) is 5.92 Å². The summed E-state index contributed by atoms with van der Waals surface area (Å²) in [5.41, 5.74) is 3.91. The zero-order chi connectivity index (χ0) is 19.8. The summed E-state index contributed by atoms with van der Waals surface area (Å²) < 4.78 is 27.3. The molecule has 0 bridgehead atoms. The Kier molecular flexibility index (Phi) is 5.74. The van der Waals surface area contributed by atoms with Crippen molar-refractivity contribution in [2.45, 2.75) is 45.4 Å². The first-order valence-corrected chi connectivity index (χ1v) is 11.5. The van der Waals surface area contributed by atoms with E-state index in [1.54, 1.807) is 9.69 Å². The molecule has 5 nitrogen and oxygen atoms in total. The van der Waals surface area contributed by atoms with Gasteiger partial charge in [0.2, 0.25) is 10.0 Å². The van der Waals surface area contributed by atoms with Crippen LogP contribution in [0.4, 0.5) is 5.69 Å². The molecule has 1 aliphatic rings. The lowest BCUT2D eigenvalue weighted by Gasteiger charge is -2.29. The van der Waals surface area contributed by atoms with E-state index in [0.29, 0.717) is 23.9 Å². The molecule has 1 fully saturated rings. The second-order valence-corrected chi connectivity index (χ2v) is 10.3. The Hall–Kier alpha value is -1.70. The minimum absolute atomic E-state index is 0.212. The van der Waals surface area contributed by atoms with Crippen molar-refractivity contribution in [3.63, 3.8) is 0 Å². The van der Waals surface area contributed by atoms with E-state index >= 15 is 0 Å². The minimum Gasteiger partial charge on any atom is -0.321 e. The van der Waals surface area contributed by atoms with Gasteiger partial charge < -0.3 is 5.32 Å². The lowest BCUT2D eigenvalue weighted by molar-refractivity contribution is 0.103. The molecular weight excluding hydrogens is 380 g/mol. The maximum atomic E-state index is 12.9. The summed E-state index contributed by atoms with van der Waals surface area (Å²) in [4.78, 5) is 13.3. The second kappa shape index (κ2) is 7.73. The predicted molar refractivity (Wildman–Crippen MR) is 110 cm³/mol. The van der Waals surface area contributed by atoms with E-state index in [1.165, 1.54) is 17.4 Å². The lowest BCUT2D eigenvalue weighted by atomic mass is 10.0. The fraction of sp³-hybridized carbons (Fsp3) is 0.450. The molecule has 27 heavy (non-hydrogen) atoms. The molecular formula is C20H26N2O3S2. The first-order chi connectivity index (χ1) is 12.7. The number of benzene rings is 1. The van der Waals surface area contributed by atoms with E-state index < -0.39 is 10.0 Å². The molecule has 0 saturated carbocycles. The maximum absolute atomic E-state index is 12.9. The van der Waals surface area contributed by atoms with Crippen LogP contribution in [-0.2, 0) is 10.0 Å². The zero-order valence-electron chi connectivity index (χ0n) is 16.2. The minimum atomic E-state index is -3.54. The van der Waals surface area contributed by atoms with Gasteiger partial charge in [-0.3, -0.25) is 4.79 Å². The SMILES string of the molecule is Cc1cc(C)c(NC(=O)c2cc(S(=O)(=O)N3CCC[C@H](C)C3)cs2)c(C)c1. The number of rotatable bonds is 4. The highest BCUT2D eigenvalue weighted by Gasteiger charge is 2.30. The summed E-state index contributed by atoms with van der Waals surface area (Å²) in [5.74, 6) is 0.0888. The summed E-state index contributed by atoms with van der Waals surface area (Å²) in [6.07, 6.45) is 1.93. The van der Waals surface area contributed by atoms with Crippen LogP contribution in [-0.4, -0.2) is 31.7 Å². The number of hydrogen-bond acceptors (Lipinski definition) is 4. The van der Waals surface area contributed by atoms with Crippen LogP contribution in [0.1, 0.15) is 46.1 Å². The fourth-order valence-electron chi connectivity index (χ4n) is 3.64. The van der Waals surface area contributed by atoms with E-state index in [9.17, 15) is 13.2 Å². The summed E-state index contributed by atoms with van der Waals surface area (Å²) in [5, 5.41) is 4.50. The van der Waals surface area contributed by atoms with Crippen LogP contribution in [0.15, 0.2) is 28.5 Å². The first kappa shape index (κ1) is 20.0. The molecule has 1 N–H and O–H groups in total. The summed E-state index contributed by atoms with van der Waals surface area (Å²) >= 11 is 1.17. The van der Waals surface area contributed by atoms with Gasteiger partial charge in [-0.05, 0) is 56.7 Å². The molecule has 1 atom stereocenters. The van der Waals surface area contributed by atoms with Gasteiger partial charge in [0.15, 0.2) is 0 Å². The van der Waals surface area contributed by atoms with Gasteiger partial charge in [-0.2, -0.15) is 4.31 Å². The second-order valence-electron chi connectivity index (χ2n) is 7.48. The monoisotopic (exact) mass is 406 g/mol. The highest BCUT2D eigenvalue weighted by atomic mass is 32.2. The third-order valence-electron chi connectivity index (χ3n) is 4.97. The number of carbonyl (C=O) groups excluding carboxylic acids is 1. The van der Waals surface area contributed by atoms with Crippen LogP contribution in [0.5, 0.6) is 0 Å². The largest absolute Gasteiger partial charge is 0.321 e. The van der Waals surface area contributed by atoms with E-state index in [1.807, 2.05) is 32.9 Å². The van der Waals surface area contributed by atoms with Crippen LogP contribution in [0.2, 0.25) is 0 Å². The molecule has 0 spiro atoms. The normalized spacial score (nSPS) is 18.4. The Morgan fingerprint density at radius 2 is 1.85 bits per heavy atom. The first-order valence-electron chi connectivity index (χ1n) is 9.16. The van der Waals surface area contributed by atoms with Gasteiger partial charge >= 0.3 is 0 Å². The average molecular weight is 407 g/mol. The number of nitrogens with one attached hydrogen (secondary N) is 1. The number of sulfonamides is 1. The van der Waals surface area contributed by atoms with Gasteiger partial charge in [0.05, 0.1) is 9.77 Å². The third kappa shape index (κ3) is 4.25. The van der Waals surface area contributed by atoms with Crippen LogP contribution >= 0.6 is 11.3 Å². The van der Waals surface area contributed by atoms with Gasteiger partial charge in [0, 0.05) is 24.2 Å². The molecule has 1 saturated heterocycles. The lowest BCUT2D eigenvalue weighted by Crippen LogP contribution is -2.38. The van der Waals surface area contributed by atoms with Gasteiger partial charge in [0.1, 0.15) is 0 Å². The number of nitrogens with zero attached hydrogens (tertiary/aromatic N) is 1. The maximum Gasteiger partial charge on any atom is 0.265 e. The molecule has 1 amide bonds. The van der Waals surface area contributed by atoms with Crippen molar-refractivity contribution >= 4 is 33.0 Å². The average Bonchev–Trinajstić information content (AvgIpc) is 3.09. The Morgan fingerprint density at radius 1 is 1.19 bits per heavy atom. The van der Waals surface area contributed by atoms with E-state index in [-0.39, 0.29) is 10.8 Å². The fourth-order valence-corrected chi connectivity index (χ4v) is 6.39. The van der Waals surface area contributed by atoms with Crippen molar-refractivity contribution in [2.75, 3.05) is 18.4 Å². The molecule has 3 rings (SSSR count). The molecule has 2 aromatic rings. The van der Waals surface area contributed by atoms with Gasteiger partial charge in [0.25, 0.3) is 5.91 Å². The Morgan fingerprint density at radius 3 is 2.48 bits per heavy atom. The van der Waals surface area contributed by atoms with E-state index in [2.05, 4.69) is 12.2 Å². The number of amides is 1. The molecule has 2 heterocycles. The number of hydrogen-bond donors (Lipinski definition) is 1. The van der Waals surface area contributed by atoms with Crippen LogP contribution < -0.4 is 5.32 Å². The van der Waals surface area contributed by atoms with E-state index in [0.717, 1.165) is 35.2 Å². The molecule has 1 aliphatic heterocycles. The molecule has 1 aromatic heterocycles. The Bertz CT molecular complexity index is 940. The summed E-state index contributed by atoms with van der Waals surface area (Å²) in [6, 6.07) is 5.53. The smallest absolute Gasteiger partial charge is 0.265 e. The Labute approximate surface area is 165 Å². The van der Waals surface area contributed by atoms with Crippen molar-refractivity contribution in [1.29, 1.82) is 0 Å². The van der Waals surface area contributed by atoms with Crippen molar-refractivity contribution in [1.82, 2.24) is 4.31 Å². The van der Waals surface area contributed by atoms with Crippen LogP contribution in [0.3, 0.4) is 0 Å². The standard InChI is InChI=1S/C20H26N2O3S2/c1-13-6-5-7-22(11-13)27(24,25)17-10-18(26-12-17)20(23)21-19-15(3)8-14(2)9-16(19)4/h8-10,12-13H,5-7,11H2,1-4H3,(H,21,23)/t13-/m0/s1. The molecule has 0 unspecified atom stereocenters. The molecule has 0 aliphatic carbocycles. The number of anilines is 1. The molecule has 0 radical (unpaired) electrons. The van der Waals surface area contributed by atoms with Crippen molar-refractivity contribution < 1.29 is 13.2 Å². The number of piperidine rings is 1. The number of carbonyl (C=O) groups is 1. The summed E-state index contributed by atoms with van der Waals surface area (Å²) in [7, 11) is -3.54. The van der Waals surface area contributed by atoms with Crippen LogP contribution in [0, 0.1) is 26.7 Å². The van der Waals surface area contributed by atoms with Gasteiger partial charge in [-0.15, -0.1) is 11.3 Å². The highest BCUT2D eigenvalue weighted by Crippen LogP contribution is 2.28. The molecule has 7 heteroatoms. The zero-order valence-corrected chi connectivity index (χ0v) is 17.8. The highest BCUT2D eigenvalue weighted by molar-refractivity contribution is 7.89. The quantitative estimate of drug-likeness (QED) is 0.821. The summed E-state index contributed by atoms with van der Waals surface area (Å²) in [6.45, 7) is 9.09.